The molecule has 1 aromatic heterocycles. The Balaban J connectivity index is 2.11. The predicted octanol–water partition coefficient (Wildman–Crippen LogP) is 3.98. The molecule has 0 radical (unpaired) electrons. The molecule has 7 heteroatoms. The monoisotopic (exact) mass is 460 g/mol. The van der Waals surface area contributed by atoms with Crippen molar-refractivity contribution < 1.29 is 9.84 Å². The number of phenolic OH excluding ortho intramolecular Hbond substituents is 1. The second-order valence-electron chi connectivity index (χ2n) is 5.35. The van der Waals surface area contributed by atoms with Gasteiger partial charge in [-0.1, -0.05) is 6.07 Å². The zero-order valence-corrected chi connectivity index (χ0v) is 16.7. The summed E-state index contributed by atoms with van der Waals surface area (Å²) in [6.45, 7) is 3.93. The molecule has 0 spiro atoms. The molecular weight excluding hydrogens is 444 g/mol. The van der Waals surface area contributed by atoms with Gasteiger partial charge in [-0.3, -0.25) is 4.90 Å². The van der Waals surface area contributed by atoms with Gasteiger partial charge >= 0.3 is 0 Å². The van der Waals surface area contributed by atoms with Crippen LogP contribution in [-0.4, -0.2) is 43.3 Å². The van der Waals surface area contributed by atoms with Gasteiger partial charge in [0.25, 0.3) is 0 Å². The second kappa shape index (κ2) is 7.53. The van der Waals surface area contributed by atoms with Gasteiger partial charge in [-0.2, -0.15) is 0 Å². The molecule has 0 bridgehead atoms. The number of rotatable bonds is 4. The van der Waals surface area contributed by atoms with E-state index in [-0.39, 0.29) is 11.8 Å². The van der Waals surface area contributed by atoms with E-state index in [2.05, 4.69) is 59.6 Å². The molecule has 3 rings (SSSR count). The second-order valence-corrected chi connectivity index (χ2v) is 7.91. The molecule has 23 heavy (non-hydrogen) atoms. The Hall–Kier alpha value is -0.600. The summed E-state index contributed by atoms with van der Waals surface area (Å²) in [7, 11) is 1.57. The third-order valence-electron chi connectivity index (χ3n) is 4.02. The molecule has 1 aromatic carbocycles. The molecule has 2 heterocycles. The fraction of sp³-hybridized carbons (Fsp3) is 0.375. The zero-order valence-electron chi connectivity index (χ0n) is 12.7. The van der Waals surface area contributed by atoms with Gasteiger partial charge in [0.1, 0.15) is 0 Å². The number of hydrogen-bond acceptors (Lipinski definition) is 5. The fourth-order valence-electron chi connectivity index (χ4n) is 2.88. The van der Waals surface area contributed by atoms with Crippen LogP contribution in [0.5, 0.6) is 11.5 Å². The van der Waals surface area contributed by atoms with Gasteiger partial charge in [0.15, 0.2) is 11.5 Å². The Labute approximate surface area is 156 Å². The first kappa shape index (κ1) is 17.2. The van der Waals surface area contributed by atoms with Crippen molar-refractivity contribution in [2.24, 2.45) is 0 Å². The van der Waals surface area contributed by atoms with Crippen LogP contribution in [0.25, 0.3) is 0 Å². The van der Waals surface area contributed by atoms with Crippen molar-refractivity contribution in [1.29, 1.82) is 0 Å². The average Bonchev–Trinajstić information content (AvgIpc) is 3.10. The number of methoxy groups -OCH3 is 1. The van der Waals surface area contributed by atoms with Crippen LogP contribution in [0.1, 0.15) is 16.5 Å². The molecule has 0 unspecified atom stereocenters. The number of nitrogens with zero attached hydrogens (tertiary/aromatic N) is 1. The highest BCUT2D eigenvalue weighted by molar-refractivity contribution is 9.13. The van der Waals surface area contributed by atoms with Gasteiger partial charge in [0.05, 0.1) is 17.6 Å². The van der Waals surface area contributed by atoms with E-state index in [1.807, 2.05) is 6.07 Å². The van der Waals surface area contributed by atoms with Crippen LogP contribution in [0.3, 0.4) is 0 Å². The zero-order chi connectivity index (χ0) is 16.4. The molecule has 1 saturated heterocycles. The highest BCUT2D eigenvalue weighted by Gasteiger charge is 2.29. The fourth-order valence-corrected chi connectivity index (χ4v) is 4.70. The average molecular weight is 462 g/mol. The number of hydrogen-bond donors (Lipinski definition) is 2. The van der Waals surface area contributed by atoms with Gasteiger partial charge in [-0.05, 0) is 54.9 Å². The number of phenols is 1. The smallest absolute Gasteiger partial charge is 0.173 e. The highest BCUT2D eigenvalue weighted by atomic mass is 79.9. The van der Waals surface area contributed by atoms with E-state index in [4.69, 9.17) is 4.74 Å². The Bertz CT molecular complexity index is 673. The molecule has 1 fully saturated rings. The van der Waals surface area contributed by atoms with Crippen LogP contribution < -0.4 is 10.1 Å². The van der Waals surface area contributed by atoms with Gasteiger partial charge in [-0.15, -0.1) is 11.3 Å². The summed E-state index contributed by atoms with van der Waals surface area (Å²) >= 11 is 8.87. The first-order chi connectivity index (χ1) is 11.1. The van der Waals surface area contributed by atoms with E-state index < -0.39 is 0 Å². The molecule has 0 amide bonds. The molecule has 1 aliphatic heterocycles. The quantitative estimate of drug-likeness (QED) is 0.722. The van der Waals surface area contributed by atoms with Gasteiger partial charge in [0, 0.05) is 35.5 Å². The lowest BCUT2D eigenvalue weighted by Gasteiger charge is -2.35. The normalized spacial score (nSPS) is 17.2. The highest BCUT2D eigenvalue weighted by Crippen LogP contribution is 2.46. The number of halogens is 2. The molecule has 2 aromatic rings. The van der Waals surface area contributed by atoms with Crippen LogP contribution in [0.2, 0.25) is 0 Å². The lowest BCUT2D eigenvalue weighted by Crippen LogP contribution is -2.45. The largest absolute Gasteiger partial charge is 0.503 e. The van der Waals surface area contributed by atoms with Crippen molar-refractivity contribution >= 4 is 43.2 Å². The predicted molar refractivity (Wildman–Crippen MR) is 101 cm³/mol. The summed E-state index contributed by atoms with van der Waals surface area (Å²) in [6, 6.07) is 6.31. The van der Waals surface area contributed by atoms with Crippen LogP contribution in [-0.2, 0) is 0 Å². The van der Waals surface area contributed by atoms with Crippen LogP contribution in [0.15, 0.2) is 32.5 Å². The van der Waals surface area contributed by atoms with Gasteiger partial charge in [0.2, 0.25) is 0 Å². The summed E-state index contributed by atoms with van der Waals surface area (Å²) in [4.78, 5) is 3.75. The van der Waals surface area contributed by atoms with Crippen LogP contribution >= 0.6 is 43.2 Å². The Morgan fingerprint density at radius 1 is 1.30 bits per heavy atom. The number of aromatic hydroxyl groups is 1. The number of benzene rings is 1. The first-order valence-electron chi connectivity index (χ1n) is 7.36. The minimum Gasteiger partial charge on any atom is -0.503 e. The van der Waals surface area contributed by atoms with E-state index in [0.29, 0.717) is 10.2 Å². The standard InChI is InChI=1S/C16H18Br2N2O2S/c1-22-11-9-10(13(17)14(18)16(11)21)15(12-3-2-8-23-12)20-6-4-19-5-7-20/h2-3,8-9,15,19,21H,4-7H2,1H3/t15-/m1/s1. The SMILES string of the molecule is COc1cc([C@H](c2cccs2)N2CCNCC2)c(Br)c(Br)c1O. The summed E-state index contributed by atoms with van der Waals surface area (Å²) in [5.74, 6) is 0.597. The van der Waals surface area contributed by atoms with Crippen molar-refractivity contribution in [3.63, 3.8) is 0 Å². The maximum absolute atomic E-state index is 10.2. The van der Waals surface area contributed by atoms with E-state index >= 15 is 0 Å². The lowest BCUT2D eigenvalue weighted by molar-refractivity contribution is 0.200. The molecule has 1 atom stereocenters. The summed E-state index contributed by atoms with van der Waals surface area (Å²) in [5.41, 5.74) is 1.09. The number of piperazine rings is 1. The first-order valence-corrected chi connectivity index (χ1v) is 9.83. The number of thiophene rings is 1. The summed E-state index contributed by atoms with van der Waals surface area (Å²) in [6.07, 6.45) is 0. The van der Waals surface area contributed by atoms with E-state index in [0.717, 1.165) is 36.2 Å². The molecule has 2 N–H and O–H groups in total. The van der Waals surface area contributed by atoms with Crippen LogP contribution in [0.4, 0.5) is 0 Å². The van der Waals surface area contributed by atoms with E-state index in [1.165, 1.54) is 4.88 Å². The van der Waals surface area contributed by atoms with Gasteiger partial charge in [-0.25, -0.2) is 0 Å². The molecule has 0 saturated carbocycles. The van der Waals surface area contributed by atoms with E-state index in [1.54, 1.807) is 18.4 Å². The maximum atomic E-state index is 10.2. The minimum absolute atomic E-state index is 0.119. The lowest BCUT2D eigenvalue weighted by atomic mass is 10.0. The topological polar surface area (TPSA) is 44.7 Å². The van der Waals surface area contributed by atoms with Crippen molar-refractivity contribution in [3.05, 3.63) is 43.0 Å². The van der Waals surface area contributed by atoms with Crippen molar-refractivity contribution in [2.75, 3.05) is 33.3 Å². The molecular formula is C16H18Br2N2O2S. The number of nitrogens with one attached hydrogen (secondary N) is 1. The molecule has 0 aliphatic carbocycles. The summed E-state index contributed by atoms with van der Waals surface area (Å²) in [5, 5.41) is 15.7. The van der Waals surface area contributed by atoms with E-state index in [9.17, 15) is 5.11 Å². The Morgan fingerprint density at radius 2 is 2.04 bits per heavy atom. The third kappa shape index (κ3) is 3.44. The van der Waals surface area contributed by atoms with Crippen molar-refractivity contribution in [1.82, 2.24) is 10.2 Å². The molecule has 1 aliphatic rings. The maximum Gasteiger partial charge on any atom is 0.173 e. The Morgan fingerprint density at radius 3 is 2.65 bits per heavy atom. The van der Waals surface area contributed by atoms with Crippen LogP contribution in [0, 0.1) is 0 Å². The summed E-state index contributed by atoms with van der Waals surface area (Å²) < 4.78 is 6.84. The van der Waals surface area contributed by atoms with Crippen molar-refractivity contribution in [2.45, 2.75) is 6.04 Å². The van der Waals surface area contributed by atoms with Gasteiger partial charge < -0.3 is 15.2 Å². The number of ether oxygens (including phenoxy) is 1. The minimum atomic E-state index is 0.119. The molecule has 124 valence electrons. The third-order valence-corrected chi connectivity index (χ3v) is 7.10. The molecule has 4 nitrogen and oxygen atoms in total. The Kier molecular flexibility index (Phi) is 5.64. The van der Waals surface area contributed by atoms with Crippen molar-refractivity contribution in [3.8, 4) is 11.5 Å².